The highest BCUT2D eigenvalue weighted by atomic mass is 31.2. The van der Waals surface area contributed by atoms with E-state index in [2.05, 4.69) is 10.5 Å². The Bertz CT molecular complexity index is 1230. The predicted molar refractivity (Wildman–Crippen MR) is 130 cm³/mol. The molecule has 0 bridgehead atoms. The fraction of sp³-hybridized carbons (Fsp3) is 0.458. The molecule has 1 saturated heterocycles. The highest BCUT2D eigenvalue weighted by Gasteiger charge is 2.45. The van der Waals surface area contributed by atoms with Crippen LogP contribution in [0.2, 0.25) is 0 Å². The fourth-order valence-corrected chi connectivity index (χ4v) is 4.86. The van der Waals surface area contributed by atoms with Crippen molar-refractivity contribution in [2.24, 2.45) is 5.92 Å². The molecular formula is C24H29N4O9P. The average molecular weight is 548 g/mol. The van der Waals surface area contributed by atoms with Crippen molar-refractivity contribution < 1.29 is 42.5 Å². The van der Waals surface area contributed by atoms with E-state index in [9.17, 15) is 28.7 Å². The third kappa shape index (κ3) is 7.26. The van der Waals surface area contributed by atoms with Gasteiger partial charge in [-0.05, 0) is 35.7 Å². The topological polar surface area (TPSA) is 192 Å². The van der Waals surface area contributed by atoms with Crippen molar-refractivity contribution in [3.8, 4) is 11.9 Å². The van der Waals surface area contributed by atoms with E-state index < -0.39 is 43.7 Å². The van der Waals surface area contributed by atoms with E-state index >= 15 is 0 Å². The lowest BCUT2D eigenvalue weighted by Gasteiger charge is -2.29. The van der Waals surface area contributed by atoms with E-state index in [4.69, 9.17) is 19.0 Å². The van der Waals surface area contributed by atoms with Gasteiger partial charge < -0.3 is 29.3 Å². The minimum absolute atomic E-state index is 0.0141. The van der Waals surface area contributed by atoms with Crippen LogP contribution < -0.4 is 10.1 Å². The molecule has 204 valence electrons. The van der Waals surface area contributed by atoms with Gasteiger partial charge in [-0.2, -0.15) is 5.26 Å². The van der Waals surface area contributed by atoms with Gasteiger partial charge in [0.25, 0.3) is 5.88 Å². The molecule has 13 nitrogen and oxygen atoms in total. The molecule has 0 unspecified atom stereocenters. The van der Waals surface area contributed by atoms with E-state index in [-0.39, 0.29) is 37.1 Å². The van der Waals surface area contributed by atoms with Gasteiger partial charge >= 0.3 is 7.82 Å². The van der Waals surface area contributed by atoms with E-state index in [1.54, 1.807) is 45.0 Å². The number of phosphoric ester groups is 1. The van der Waals surface area contributed by atoms with Crippen molar-refractivity contribution in [3.05, 3.63) is 47.2 Å². The number of likely N-dealkylation sites (tertiary alicyclic amines) is 1. The molecule has 0 spiro atoms. The summed E-state index contributed by atoms with van der Waals surface area (Å²) in [4.78, 5) is 57.5. The Morgan fingerprint density at radius 1 is 1.32 bits per heavy atom. The zero-order valence-electron chi connectivity index (χ0n) is 21.0. The van der Waals surface area contributed by atoms with Gasteiger partial charge in [0.05, 0.1) is 23.8 Å². The van der Waals surface area contributed by atoms with Crippen LogP contribution in [0.5, 0.6) is 5.88 Å². The number of aldehydes is 1. The van der Waals surface area contributed by atoms with Gasteiger partial charge in [-0.3, -0.25) is 18.9 Å². The first kappa shape index (κ1) is 29.0. The van der Waals surface area contributed by atoms with Gasteiger partial charge in [0.1, 0.15) is 18.6 Å². The summed E-state index contributed by atoms with van der Waals surface area (Å²) in [6.45, 7) is 4.77. The molecule has 0 radical (unpaired) electrons. The number of nitrogens with zero attached hydrogens (tertiary/aromatic N) is 3. The summed E-state index contributed by atoms with van der Waals surface area (Å²) in [6.07, 6.45) is -0.695. The Hall–Kier alpha value is -3.56. The van der Waals surface area contributed by atoms with E-state index in [0.29, 0.717) is 11.8 Å². The molecule has 2 amide bonds. The standard InChI is InChI=1S/C24H29N4O9P/c1-14(2)22(20-11-21(27-36-20)35-9-8-29)24(31)28-13-18(37-38(32,33)34)10-19(28)23(30)26-15(3)17-6-4-16(12-25)5-7-17/h4-8,11,14-15,18-19,22H,9-10,13H2,1-3H3,(H,26,30)(H2,32,33,34)/t15-,18+,19-,22+/m0/s1. The predicted octanol–water partition coefficient (Wildman–Crippen LogP) is 1.82. The van der Waals surface area contributed by atoms with Gasteiger partial charge in [0.2, 0.25) is 11.8 Å². The SMILES string of the molecule is CC(C)[C@@H](C(=O)N1C[C@H](OP(=O)(O)O)C[C@H]1C(=O)N[C@@H](C)c1ccc(C#N)cc1)c1cc(OCC=O)no1. The number of amides is 2. The van der Waals surface area contributed by atoms with Crippen LogP contribution in [0.15, 0.2) is 34.9 Å². The molecule has 1 fully saturated rings. The number of phosphoric acid groups is 1. The maximum atomic E-state index is 13.7. The smallest absolute Gasteiger partial charge is 0.468 e. The zero-order valence-corrected chi connectivity index (χ0v) is 21.9. The second-order valence-electron chi connectivity index (χ2n) is 9.19. The molecule has 38 heavy (non-hydrogen) atoms. The number of carbonyl (C=O) groups excluding carboxylic acids is 3. The first-order valence-electron chi connectivity index (χ1n) is 11.8. The van der Waals surface area contributed by atoms with Crippen LogP contribution >= 0.6 is 7.82 Å². The largest absolute Gasteiger partial charge is 0.469 e. The summed E-state index contributed by atoms with van der Waals surface area (Å²) in [5, 5.41) is 15.5. The monoisotopic (exact) mass is 548 g/mol. The normalized spacial score (nSPS) is 19.0. The van der Waals surface area contributed by atoms with Gasteiger partial charge in [-0.1, -0.05) is 26.0 Å². The van der Waals surface area contributed by atoms with Crippen LogP contribution in [-0.2, 0) is 23.5 Å². The number of nitrogens with one attached hydrogen (secondary N) is 1. The highest BCUT2D eigenvalue weighted by Crippen LogP contribution is 2.41. The number of benzene rings is 1. The molecule has 1 aromatic heterocycles. The molecule has 0 aliphatic carbocycles. The van der Waals surface area contributed by atoms with Crippen LogP contribution in [0.3, 0.4) is 0 Å². The number of ether oxygens (including phenoxy) is 1. The summed E-state index contributed by atoms with van der Waals surface area (Å²) < 4.78 is 26.7. The Balaban J connectivity index is 1.85. The Kier molecular flexibility index (Phi) is 9.40. The first-order valence-corrected chi connectivity index (χ1v) is 13.3. The lowest BCUT2D eigenvalue weighted by molar-refractivity contribution is -0.141. The van der Waals surface area contributed by atoms with Gasteiger partial charge in [-0.25, -0.2) is 4.57 Å². The van der Waals surface area contributed by atoms with Crippen LogP contribution in [0.1, 0.15) is 56.0 Å². The maximum absolute atomic E-state index is 13.7. The Morgan fingerprint density at radius 3 is 2.58 bits per heavy atom. The minimum Gasteiger partial charge on any atom is -0.468 e. The van der Waals surface area contributed by atoms with Crippen molar-refractivity contribution in [1.82, 2.24) is 15.4 Å². The minimum atomic E-state index is -4.89. The molecule has 2 heterocycles. The quantitative estimate of drug-likeness (QED) is 0.274. The number of aromatic nitrogens is 1. The molecule has 0 saturated carbocycles. The van der Waals surface area contributed by atoms with Gasteiger partial charge in [0.15, 0.2) is 12.0 Å². The van der Waals surface area contributed by atoms with Crippen molar-refractivity contribution >= 4 is 25.9 Å². The maximum Gasteiger partial charge on any atom is 0.469 e. The Morgan fingerprint density at radius 2 is 2.00 bits per heavy atom. The summed E-state index contributed by atoms with van der Waals surface area (Å²) in [6, 6.07) is 8.46. The molecule has 1 aliphatic heterocycles. The summed E-state index contributed by atoms with van der Waals surface area (Å²) >= 11 is 0. The van der Waals surface area contributed by atoms with Crippen LogP contribution in [0, 0.1) is 17.2 Å². The summed E-state index contributed by atoms with van der Waals surface area (Å²) in [7, 11) is -4.89. The van der Waals surface area contributed by atoms with Crippen molar-refractivity contribution in [2.45, 2.75) is 51.3 Å². The molecule has 4 atom stereocenters. The van der Waals surface area contributed by atoms with Crippen molar-refractivity contribution in [3.63, 3.8) is 0 Å². The average Bonchev–Trinajstić information content (AvgIpc) is 3.48. The molecule has 3 N–H and O–H groups in total. The lowest BCUT2D eigenvalue weighted by atomic mass is 9.91. The summed E-state index contributed by atoms with van der Waals surface area (Å²) in [5.74, 6) is -2.13. The van der Waals surface area contributed by atoms with Crippen molar-refractivity contribution in [2.75, 3.05) is 13.2 Å². The number of nitriles is 1. The number of carbonyl (C=O) groups is 3. The molecule has 1 aromatic carbocycles. The molecule has 3 rings (SSSR count). The second kappa shape index (κ2) is 12.3. The highest BCUT2D eigenvalue weighted by molar-refractivity contribution is 7.46. The first-order chi connectivity index (χ1) is 17.9. The van der Waals surface area contributed by atoms with E-state index in [1.807, 2.05) is 6.07 Å². The van der Waals surface area contributed by atoms with Gasteiger partial charge in [-0.15, -0.1) is 0 Å². The van der Waals surface area contributed by atoms with E-state index in [1.165, 1.54) is 11.0 Å². The van der Waals surface area contributed by atoms with E-state index in [0.717, 1.165) is 5.56 Å². The number of hydrogen-bond acceptors (Lipinski definition) is 9. The summed E-state index contributed by atoms with van der Waals surface area (Å²) in [5.41, 5.74) is 1.19. The zero-order chi connectivity index (χ0) is 28.0. The second-order valence-corrected chi connectivity index (χ2v) is 10.4. The lowest BCUT2D eigenvalue weighted by Crippen LogP contribution is -2.48. The molecule has 1 aliphatic rings. The molecule has 14 heteroatoms. The van der Waals surface area contributed by atoms with Crippen LogP contribution in [-0.4, -0.2) is 63.2 Å². The number of hydrogen-bond donors (Lipinski definition) is 3. The van der Waals surface area contributed by atoms with Gasteiger partial charge in [0, 0.05) is 19.0 Å². The van der Waals surface area contributed by atoms with Crippen molar-refractivity contribution in [1.29, 1.82) is 5.26 Å². The third-order valence-corrected chi connectivity index (χ3v) is 6.65. The molecular weight excluding hydrogens is 519 g/mol. The van der Waals surface area contributed by atoms with Crippen LogP contribution in [0.4, 0.5) is 0 Å². The molecule has 2 aromatic rings. The Labute approximate surface area is 218 Å². The fourth-order valence-electron chi connectivity index (χ4n) is 4.32. The van der Waals surface area contributed by atoms with Crippen LogP contribution in [0.25, 0.3) is 0 Å². The number of rotatable bonds is 11. The third-order valence-electron chi connectivity index (χ3n) is 6.08.